The molecule has 1 N–H and O–H groups in total. The number of amides is 1. The lowest BCUT2D eigenvalue weighted by Gasteiger charge is -2.23. The third-order valence-corrected chi connectivity index (χ3v) is 5.60. The molecule has 2 aromatic rings. The number of carbonyl (C=O) groups is 1. The molecule has 0 spiro atoms. The zero-order valence-electron chi connectivity index (χ0n) is 16.7. The van der Waals surface area contributed by atoms with Gasteiger partial charge in [0.25, 0.3) is 10.1 Å². The smallest absolute Gasteiger partial charge is 0.410 e. The van der Waals surface area contributed by atoms with Gasteiger partial charge in [-0.3, -0.25) is 4.18 Å². The predicted molar refractivity (Wildman–Crippen MR) is 109 cm³/mol. The molecule has 0 saturated heterocycles. The van der Waals surface area contributed by atoms with Gasteiger partial charge in [-0.25, -0.2) is 4.79 Å². The van der Waals surface area contributed by atoms with Crippen LogP contribution in [0.2, 0.25) is 0 Å². The Hall–Kier alpha value is -2.42. The zero-order valence-corrected chi connectivity index (χ0v) is 17.5. The quantitative estimate of drug-likeness (QED) is 0.593. The van der Waals surface area contributed by atoms with Crippen LogP contribution in [0.4, 0.5) is 4.79 Å². The fourth-order valence-corrected chi connectivity index (χ4v) is 3.48. The van der Waals surface area contributed by atoms with Crippen LogP contribution in [-0.4, -0.2) is 50.3 Å². The van der Waals surface area contributed by atoms with Gasteiger partial charge in [-0.1, -0.05) is 48.0 Å². The van der Waals surface area contributed by atoms with Gasteiger partial charge in [-0.15, -0.1) is 0 Å². The second kappa shape index (κ2) is 10.9. The SMILES string of the molecule is CCN(CC(O)CCOS(=O)(=O)c1ccc(C)cc1)C(=O)OCc1ccccc1. The predicted octanol–water partition coefficient (Wildman–Crippen LogP) is 3.11. The Kier molecular flexibility index (Phi) is 8.63. The second-order valence-electron chi connectivity index (χ2n) is 6.61. The minimum absolute atomic E-state index is 0.0259. The van der Waals surface area contributed by atoms with Crippen LogP contribution in [0.5, 0.6) is 0 Å². The molecule has 1 amide bonds. The Labute approximate surface area is 172 Å². The number of aryl methyl sites for hydroxylation is 1. The zero-order chi connectivity index (χ0) is 21.3. The second-order valence-corrected chi connectivity index (χ2v) is 8.23. The Bertz CT molecular complexity index is 868. The molecule has 0 aliphatic rings. The van der Waals surface area contributed by atoms with E-state index in [0.29, 0.717) is 6.54 Å². The van der Waals surface area contributed by atoms with Crippen molar-refractivity contribution in [2.75, 3.05) is 19.7 Å². The van der Waals surface area contributed by atoms with Crippen LogP contribution in [0.15, 0.2) is 59.5 Å². The molecule has 2 aromatic carbocycles. The summed E-state index contributed by atoms with van der Waals surface area (Å²) in [6.45, 7) is 3.97. The van der Waals surface area contributed by atoms with Gasteiger partial charge in [0, 0.05) is 13.1 Å². The summed E-state index contributed by atoms with van der Waals surface area (Å²) in [5.41, 5.74) is 1.81. The van der Waals surface area contributed by atoms with Gasteiger partial charge in [0.1, 0.15) is 6.61 Å². The number of hydrogen-bond acceptors (Lipinski definition) is 6. The first-order valence-electron chi connectivity index (χ1n) is 9.41. The maximum atomic E-state index is 12.2. The minimum atomic E-state index is -3.88. The summed E-state index contributed by atoms with van der Waals surface area (Å²) in [6, 6.07) is 15.6. The van der Waals surface area contributed by atoms with Crippen molar-refractivity contribution in [1.82, 2.24) is 4.90 Å². The number of aliphatic hydroxyl groups is 1. The van der Waals surface area contributed by atoms with E-state index in [1.807, 2.05) is 37.3 Å². The third-order valence-electron chi connectivity index (χ3n) is 4.28. The molecule has 2 rings (SSSR count). The maximum absolute atomic E-state index is 12.2. The van der Waals surface area contributed by atoms with Gasteiger partial charge in [-0.2, -0.15) is 8.42 Å². The Morgan fingerprint density at radius 3 is 2.38 bits per heavy atom. The van der Waals surface area contributed by atoms with E-state index in [1.54, 1.807) is 19.1 Å². The molecule has 158 valence electrons. The van der Waals surface area contributed by atoms with Crippen LogP contribution >= 0.6 is 0 Å². The molecule has 1 atom stereocenters. The minimum Gasteiger partial charge on any atom is -0.445 e. The molecular weight excluding hydrogens is 394 g/mol. The summed E-state index contributed by atoms with van der Waals surface area (Å²) < 4.78 is 34.5. The van der Waals surface area contributed by atoms with Gasteiger partial charge in [-0.05, 0) is 38.0 Å². The van der Waals surface area contributed by atoms with Crippen LogP contribution in [0.3, 0.4) is 0 Å². The molecule has 0 aliphatic carbocycles. The number of hydrogen-bond donors (Lipinski definition) is 1. The van der Waals surface area contributed by atoms with Crippen LogP contribution in [0.25, 0.3) is 0 Å². The fraction of sp³-hybridized carbons (Fsp3) is 0.381. The molecule has 7 nitrogen and oxygen atoms in total. The van der Waals surface area contributed by atoms with Crippen molar-refractivity contribution >= 4 is 16.2 Å². The fourth-order valence-electron chi connectivity index (χ4n) is 2.56. The van der Waals surface area contributed by atoms with E-state index >= 15 is 0 Å². The Morgan fingerprint density at radius 1 is 1.10 bits per heavy atom. The maximum Gasteiger partial charge on any atom is 0.410 e. The molecule has 0 bridgehead atoms. The number of benzene rings is 2. The topological polar surface area (TPSA) is 93.1 Å². The van der Waals surface area contributed by atoms with E-state index in [9.17, 15) is 18.3 Å². The molecule has 0 saturated carbocycles. The van der Waals surface area contributed by atoms with Crippen LogP contribution in [0.1, 0.15) is 24.5 Å². The van der Waals surface area contributed by atoms with Crippen molar-refractivity contribution in [2.45, 2.75) is 37.9 Å². The average Bonchev–Trinajstić information content (AvgIpc) is 2.71. The Morgan fingerprint density at radius 2 is 1.76 bits per heavy atom. The highest BCUT2D eigenvalue weighted by molar-refractivity contribution is 7.86. The van der Waals surface area contributed by atoms with Crippen LogP contribution < -0.4 is 0 Å². The van der Waals surface area contributed by atoms with E-state index in [4.69, 9.17) is 8.92 Å². The molecule has 29 heavy (non-hydrogen) atoms. The number of rotatable bonds is 10. The molecule has 0 aromatic heterocycles. The highest BCUT2D eigenvalue weighted by atomic mass is 32.2. The first-order chi connectivity index (χ1) is 13.8. The highest BCUT2D eigenvalue weighted by Crippen LogP contribution is 2.14. The average molecular weight is 422 g/mol. The van der Waals surface area contributed by atoms with E-state index in [1.165, 1.54) is 17.0 Å². The lowest BCUT2D eigenvalue weighted by atomic mass is 10.2. The standard InChI is InChI=1S/C21H27NO6S/c1-3-22(21(24)27-16-18-7-5-4-6-8-18)15-19(23)13-14-28-29(25,26)20-11-9-17(2)10-12-20/h4-12,19,23H,3,13-16H2,1-2H3. The van der Waals surface area contributed by atoms with E-state index in [0.717, 1.165) is 11.1 Å². The van der Waals surface area contributed by atoms with Crippen molar-refractivity contribution in [2.24, 2.45) is 0 Å². The van der Waals surface area contributed by atoms with Gasteiger partial charge >= 0.3 is 6.09 Å². The van der Waals surface area contributed by atoms with Crippen molar-refractivity contribution in [3.63, 3.8) is 0 Å². The lowest BCUT2D eigenvalue weighted by Crippen LogP contribution is -2.38. The monoisotopic (exact) mass is 421 g/mol. The van der Waals surface area contributed by atoms with Crippen molar-refractivity contribution < 1.29 is 27.2 Å². The van der Waals surface area contributed by atoms with E-state index in [-0.39, 0.29) is 31.1 Å². The van der Waals surface area contributed by atoms with Crippen LogP contribution in [0, 0.1) is 6.92 Å². The number of likely N-dealkylation sites (N-methyl/N-ethyl adjacent to an activating group) is 1. The van der Waals surface area contributed by atoms with Crippen molar-refractivity contribution in [3.05, 3.63) is 65.7 Å². The normalized spacial score (nSPS) is 12.4. The highest BCUT2D eigenvalue weighted by Gasteiger charge is 2.19. The molecule has 0 aliphatic heterocycles. The molecule has 1 unspecified atom stereocenters. The number of ether oxygens (including phenoxy) is 1. The van der Waals surface area contributed by atoms with Crippen molar-refractivity contribution in [1.29, 1.82) is 0 Å². The van der Waals surface area contributed by atoms with E-state index in [2.05, 4.69) is 0 Å². The summed E-state index contributed by atoms with van der Waals surface area (Å²) in [5, 5.41) is 10.2. The molecule has 0 fully saturated rings. The first-order valence-corrected chi connectivity index (χ1v) is 10.8. The summed E-state index contributed by atoms with van der Waals surface area (Å²) in [5.74, 6) is 0. The largest absolute Gasteiger partial charge is 0.445 e. The summed E-state index contributed by atoms with van der Waals surface area (Å²) in [6.07, 6.45) is -1.41. The molecule has 8 heteroatoms. The number of nitrogens with zero attached hydrogens (tertiary/aromatic N) is 1. The molecule has 0 radical (unpaired) electrons. The Balaban J connectivity index is 1.78. The number of aliphatic hydroxyl groups excluding tert-OH is 1. The lowest BCUT2D eigenvalue weighted by molar-refractivity contribution is 0.0635. The van der Waals surface area contributed by atoms with Gasteiger partial charge in [0.15, 0.2) is 0 Å². The summed E-state index contributed by atoms with van der Waals surface area (Å²) in [7, 11) is -3.88. The van der Waals surface area contributed by atoms with Crippen molar-refractivity contribution in [3.8, 4) is 0 Å². The first kappa shape index (κ1) is 22.9. The van der Waals surface area contributed by atoms with Crippen LogP contribution in [-0.2, 0) is 25.6 Å². The number of carbonyl (C=O) groups excluding carboxylic acids is 1. The van der Waals surface area contributed by atoms with Gasteiger partial charge in [0.2, 0.25) is 0 Å². The van der Waals surface area contributed by atoms with Gasteiger partial charge in [0.05, 0.1) is 17.6 Å². The molecule has 0 heterocycles. The molecular formula is C21H27NO6S. The summed E-state index contributed by atoms with van der Waals surface area (Å²) in [4.78, 5) is 13.6. The van der Waals surface area contributed by atoms with Gasteiger partial charge < -0.3 is 14.7 Å². The van der Waals surface area contributed by atoms with E-state index < -0.39 is 22.3 Å². The third kappa shape index (κ3) is 7.49. The summed E-state index contributed by atoms with van der Waals surface area (Å²) >= 11 is 0.